The zero-order chi connectivity index (χ0) is 42.3. The smallest absolute Gasteiger partial charge is 0.159 e. The van der Waals surface area contributed by atoms with Crippen molar-refractivity contribution in [2.45, 2.75) is 50.6 Å². The number of furan rings is 1. The van der Waals surface area contributed by atoms with E-state index in [1.165, 1.54) is 75.9 Å². The van der Waals surface area contributed by atoms with Crippen LogP contribution in [0.5, 0.6) is 11.5 Å². The average molecular weight is 844 g/mol. The minimum absolute atomic E-state index is 0.176. The van der Waals surface area contributed by atoms with Gasteiger partial charge in [0.1, 0.15) is 25.2 Å². The Morgan fingerprint density at radius 3 is 1.98 bits per heavy atom. The lowest BCUT2D eigenvalue weighted by Gasteiger charge is -2.61. The first-order chi connectivity index (χ1) is 31.4. The van der Waals surface area contributed by atoms with Crippen molar-refractivity contribution in [3.05, 3.63) is 187 Å². The van der Waals surface area contributed by atoms with E-state index in [0.29, 0.717) is 0 Å². The third-order valence-corrected chi connectivity index (χ3v) is 20.0. The summed E-state index contributed by atoms with van der Waals surface area (Å²) in [4.78, 5) is 2.34. The molecule has 0 saturated heterocycles. The fourth-order valence-corrected chi connectivity index (χ4v) is 17.3. The molecule has 4 fully saturated rings. The van der Waals surface area contributed by atoms with Gasteiger partial charge in [0.05, 0.1) is 5.69 Å². The number of benzene rings is 8. The van der Waals surface area contributed by atoms with E-state index in [1.54, 1.807) is 11.1 Å². The zero-order valence-corrected chi connectivity index (χ0v) is 37.4. The first kappa shape index (κ1) is 36.8. The molecule has 4 bridgehead atoms. The van der Waals surface area contributed by atoms with Gasteiger partial charge in [0, 0.05) is 33.6 Å². The van der Waals surface area contributed by atoms with Crippen LogP contribution in [0.15, 0.2) is 180 Å². The number of fused-ring (bicyclic) bond motifs is 8. The molecule has 5 aliphatic carbocycles. The van der Waals surface area contributed by atoms with Gasteiger partial charge < -0.3 is 14.1 Å². The molecule has 2 heterocycles. The maximum Gasteiger partial charge on any atom is 0.159 e. The molecule has 8 aromatic carbocycles. The van der Waals surface area contributed by atoms with Gasteiger partial charge in [-0.1, -0.05) is 140 Å². The molecule has 0 N–H and O–H groups in total. The number of nitrogens with zero attached hydrogens (tertiary/aromatic N) is 1. The van der Waals surface area contributed by atoms with Gasteiger partial charge in [0.15, 0.2) is 5.58 Å². The molecule has 1 spiro atoms. The predicted molar refractivity (Wildman–Crippen MR) is 266 cm³/mol. The van der Waals surface area contributed by atoms with Crippen LogP contribution in [0.1, 0.15) is 43.2 Å². The summed E-state index contributed by atoms with van der Waals surface area (Å²) in [5.74, 6) is 5.32. The zero-order valence-electron chi connectivity index (χ0n) is 36.4. The van der Waals surface area contributed by atoms with Crippen LogP contribution >= 0.6 is 0 Å². The molecule has 1 aliphatic heterocycles. The molecule has 64 heavy (non-hydrogen) atoms. The number of ether oxygens (including phenoxy) is 1. The van der Waals surface area contributed by atoms with Gasteiger partial charge in [-0.15, -0.1) is 0 Å². The van der Waals surface area contributed by atoms with E-state index < -0.39 is 8.07 Å². The number of rotatable bonds is 5. The Hall–Kier alpha value is -6.62. The second kappa shape index (κ2) is 13.4. The van der Waals surface area contributed by atoms with Gasteiger partial charge in [-0.2, -0.15) is 0 Å². The summed E-state index contributed by atoms with van der Waals surface area (Å²) in [5, 5.41) is 4.92. The highest BCUT2D eigenvalue weighted by Gasteiger charge is 2.61. The van der Waals surface area contributed by atoms with E-state index in [-0.39, 0.29) is 5.41 Å². The largest absolute Gasteiger partial charge is 0.457 e. The first-order valence-electron chi connectivity index (χ1n) is 23.5. The molecule has 4 saturated carbocycles. The Balaban J connectivity index is 0.878. The second-order valence-corrected chi connectivity index (χ2v) is 24.4. The van der Waals surface area contributed by atoms with Gasteiger partial charge in [-0.3, -0.25) is 0 Å². The van der Waals surface area contributed by atoms with E-state index in [1.807, 2.05) is 6.07 Å². The monoisotopic (exact) mass is 843 g/mol. The summed E-state index contributed by atoms with van der Waals surface area (Å²) in [5.41, 5.74) is 16.2. The van der Waals surface area contributed by atoms with Crippen LogP contribution in [0.2, 0.25) is 13.1 Å². The number of para-hydroxylation sites is 2. The van der Waals surface area contributed by atoms with Crippen LogP contribution in [0, 0.1) is 23.7 Å². The van der Waals surface area contributed by atoms with Crippen molar-refractivity contribution in [2.75, 3.05) is 4.90 Å². The summed E-state index contributed by atoms with van der Waals surface area (Å²) in [6.45, 7) is 5.02. The van der Waals surface area contributed by atoms with Gasteiger partial charge in [0.25, 0.3) is 0 Å². The number of hydrogen-bond donors (Lipinski definition) is 0. The first-order valence-corrected chi connectivity index (χ1v) is 26.5. The van der Waals surface area contributed by atoms with Crippen LogP contribution in [-0.2, 0) is 5.41 Å². The molecule has 3 nitrogen and oxygen atoms in total. The number of hydrogen-bond acceptors (Lipinski definition) is 3. The molecule has 4 heteroatoms. The Bertz CT molecular complexity index is 3330. The van der Waals surface area contributed by atoms with E-state index in [9.17, 15) is 0 Å². The van der Waals surface area contributed by atoms with Crippen molar-refractivity contribution in [3.63, 3.8) is 0 Å². The van der Waals surface area contributed by atoms with Crippen LogP contribution in [-0.4, -0.2) is 8.07 Å². The van der Waals surface area contributed by atoms with Gasteiger partial charge in [-0.05, 0) is 153 Å². The quantitative estimate of drug-likeness (QED) is 0.161. The van der Waals surface area contributed by atoms with Gasteiger partial charge in [0.2, 0.25) is 0 Å². The summed E-state index contributed by atoms with van der Waals surface area (Å²) in [6.07, 6.45) is 7.09. The molecular formula is C60H49NO2Si. The standard InChI is InChI=1S/C60H49NO2Si/c1-64(2)57-29-27-45(61(44-25-22-40(23-26-44)39-12-4-3-5-13-39)53-19-10-17-49-48-15-7-9-20-54(48)63-58(49)53)36-56(57)62-55-21-11-16-46(59(55)64)41-24-28-52-50(35-41)47-14-6-8-18-51(47)60(52)42-31-37-30-38(33-42)34-43(60)32-37/h3-29,35-38,42-43H,30-34H2,1-2H3. The molecule has 6 aliphatic rings. The molecule has 15 rings (SSSR count). The Morgan fingerprint density at radius 2 is 1.16 bits per heavy atom. The molecule has 1 aromatic heterocycles. The Morgan fingerprint density at radius 1 is 0.500 bits per heavy atom. The minimum atomic E-state index is -2.31. The maximum absolute atomic E-state index is 7.14. The van der Waals surface area contributed by atoms with Crippen LogP contribution < -0.4 is 20.0 Å². The van der Waals surface area contributed by atoms with E-state index in [0.717, 1.165) is 74.2 Å². The summed E-state index contributed by atoms with van der Waals surface area (Å²) < 4.78 is 13.8. The Labute approximate surface area is 376 Å². The molecule has 310 valence electrons. The van der Waals surface area contributed by atoms with Crippen molar-refractivity contribution in [3.8, 4) is 44.9 Å². The molecular weight excluding hydrogens is 795 g/mol. The van der Waals surface area contributed by atoms with Crippen molar-refractivity contribution in [1.29, 1.82) is 0 Å². The average Bonchev–Trinajstić information content (AvgIpc) is 3.85. The van der Waals surface area contributed by atoms with Crippen LogP contribution in [0.3, 0.4) is 0 Å². The summed E-state index contributed by atoms with van der Waals surface area (Å²) in [6, 6.07) is 65.1. The highest BCUT2D eigenvalue weighted by Crippen LogP contribution is 2.69. The maximum atomic E-state index is 7.14. The van der Waals surface area contributed by atoms with E-state index >= 15 is 0 Å². The highest BCUT2D eigenvalue weighted by atomic mass is 28.3. The molecule has 0 amide bonds. The second-order valence-electron chi connectivity index (χ2n) is 20.1. The lowest BCUT2D eigenvalue weighted by molar-refractivity contribution is -0.0399. The normalized spacial score (nSPS) is 22.8. The van der Waals surface area contributed by atoms with Gasteiger partial charge in [-0.25, -0.2) is 0 Å². The Kier molecular flexibility index (Phi) is 7.74. The highest BCUT2D eigenvalue weighted by molar-refractivity contribution is 7.02. The van der Waals surface area contributed by atoms with Crippen molar-refractivity contribution in [1.82, 2.24) is 0 Å². The molecule has 9 aromatic rings. The fraction of sp³-hybridized carbons (Fsp3) is 0.200. The van der Waals surface area contributed by atoms with Crippen molar-refractivity contribution in [2.24, 2.45) is 23.7 Å². The topological polar surface area (TPSA) is 25.6 Å². The molecule has 0 atom stereocenters. The SMILES string of the molecule is C[Si]1(C)c2ccc(N(c3ccc(-c4ccccc4)cc3)c3cccc4c3oc3ccccc34)cc2Oc2cccc(-c3ccc4c(c3)-c3ccccc3C43C4CC5CC(C4)CC3C5)c21. The summed E-state index contributed by atoms with van der Waals surface area (Å²) >= 11 is 0. The van der Waals surface area contributed by atoms with Crippen molar-refractivity contribution < 1.29 is 9.15 Å². The third kappa shape index (κ3) is 5.09. The van der Waals surface area contributed by atoms with Gasteiger partial charge >= 0.3 is 0 Å². The predicted octanol–water partition coefficient (Wildman–Crippen LogP) is 15.0. The lowest BCUT2D eigenvalue weighted by Crippen LogP contribution is -2.56. The van der Waals surface area contributed by atoms with E-state index in [4.69, 9.17) is 9.15 Å². The summed E-state index contributed by atoms with van der Waals surface area (Å²) in [7, 11) is -2.31. The minimum Gasteiger partial charge on any atom is -0.457 e. The lowest BCUT2D eigenvalue weighted by atomic mass is 9.43. The van der Waals surface area contributed by atoms with Crippen LogP contribution in [0.4, 0.5) is 17.1 Å². The van der Waals surface area contributed by atoms with Crippen molar-refractivity contribution >= 4 is 57.4 Å². The fourth-order valence-electron chi connectivity index (χ4n) is 14.1. The third-order valence-electron chi connectivity index (χ3n) is 16.5. The van der Waals surface area contributed by atoms with E-state index in [2.05, 4.69) is 188 Å². The van der Waals surface area contributed by atoms with Crippen LogP contribution in [0.25, 0.3) is 55.3 Å². The number of anilines is 3. The molecule has 0 unspecified atom stereocenters. The molecule has 0 radical (unpaired) electrons.